The van der Waals surface area contributed by atoms with Crippen LogP contribution in [0.25, 0.3) is 0 Å². The number of nitrogens with zero attached hydrogens (tertiary/aromatic N) is 1. The van der Waals surface area contributed by atoms with Gasteiger partial charge in [0.15, 0.2) is 0 Å². The van der Waals surface area contributed by atoms with Crippen molar-refractivity contribution < 1.29 is 14.5 Å². The molecule has 0 saturated heterocycles. The smallest absolute Gasteiger partial charge is 0.343 e. The van der Waals surface area contributed by atoms with Crippen molar-refractivity contribution in [1.29, 1.82) is 0 Å². The van der Waals surface area contributed by atoms with Gasteiger partial charge in [0.1, 0.15) is 5.75 Å². The summed E-state index contributed by atoms with van der Waals surface area (Å²) < 4.78 is 5.28. The van der Waals surface area contributed by atoms with Crippen LogP contribution < -0.4 is 4.74 Å². The zero-order valence-corrected chi connectivity index (χ0v) is 12.0. The van der Waals surface area contributed by atoms with Crippen LogP contribution in [0.4, 0.5) is 5.69 Å². The van der Waals surface area contributed by atoms with Crippen molar-refractivity contribution in [2.45, 2.75) is 20.8 Å². The lowest BCUT2D eigenvalue weighted by Gasteiger charge is -2.07. The summed E-state index contributed by atoms with van der Waals surface area (Å²) >= 11 is 0. The Morgan fingerprint density at radius 1 is 1.00 bits per heavy atom. The Labute approximate surface area is 122 Å². The van der Waals surface area contributed by atoms with Crippen molar-refractivity contribution in [3.05, 3.63) is 68.8 Å². The van der Waals surface area contributed by atoms with Gasteiger partial charge in [-0.3, -0.25) is 10.1 Å². The van der Waals surface area contributed by atoms with Gasteiger partial charge in [-0.2, -0.15) is 0 Å². The summed E-state index contributed by atoms with van der Waals surface area (Å²) in [6.07, 6.45) is 0. The first-order chi connectivity index (χ1) is 9.88. The Kier molecular flexibility index (Phi) is 4.03. The fourth-order valence-corrected chi connectivity index (χ4v) is 1.93. The maximum Gasteiger partial charge on any atom is 0.343 e. The average Bonchev–Trinajstić information content (AvgIpc) is 2.42. The molecule has 0 unspecified atom stereocenters. The van der Waals surface area contributed by atoms with Gasteiger partial charge in [0, 0.05) is 11.6 Å². The molecular weight excluding hydrogens is 270 g/mol. The van der Waals surface area contributed by atoms with Crippen molar-refractivity contribution in [1.82, 2.24) is 0 Å². The highest BCUT2D eigenvalue weighted by atomic mass is 16.6. The van der Waals surface area contributed by atoms with Crippen molar-refractivity contribution >= 4 is 11.7 Å². The third kappa shape index (κ3) is 3.25. The molecule has 0 atom stereocenters. The third-order valence-corrected chi connectivity index (χ3v) is 3.32. The van der Waals surface area contributed by atoms with Crippen LogP contribution >= 0.6 is 0 Å². The standard InChI is InChI=1S/C16H15NO4/c1-10-4-6-14(9-11(10)2)21-16(18)13-5-7-15(17(19)20)12(3)8-13/h4-9H,1-3H3. The summed E-state index contributed by atoms with van der Waals surface area (Å²) in [4.78, 5) is 22.3. The molecule has 5 heteroatoms. The van der Waals surface area contributed by atoms with Crippen LogP contribution in [-0.4, -0.2) is 10.9 Å². The lowest BCUT2D eigenvalue weighted by Crippen LogP contribution is -2.09. The van der Waals surface area contributed by atoms with Crippen LogP contribution in [0.5, 0.6) is 5.75 Å². The molecule has 108 valence electrons. The molecule has 2 aromatic rings. The van der Waals surface area contributed by atoms with Crippen molar-refractivity contribution in [3.63, 3.8) is 0 Å². The van der Waals surface area contributed by atoms with E-state index in [1.165, 1.54) is 18.2 Å². The molecule has 0 N–H and O–H groups in total. The second-order valence-corrected chi connectivity index (χ2v) is 4.89. The van der Waals surface area contributed by atoms with Crippen LogP contribution in [0.15, 0.2) is 36.4 Å². The molecule has 0 aliphatic carbocycles. The predicted molar refractivity (Wildman–Crippen MR) is 78.7 cm³/mol. The van der Waals surface area contributed by atoms with Crippen LogP contribution in [0, 0.1) is 30.9 Å². The van der Waals surface area contributed by atoms with E-state index in [2.05, 4.69) is 0 Å². The Morgan fingerprint density at radius 3 is 2.29 bits per heavy atom. The number of nitro groups is 1. The predicted octanol–water partition coefficient (Wildman–Crippen LogP) is 3.74. The SMILES string of the molecule is Cc1ccc(OC(=O)c2ccc([N+](=O)[O-])c(C)c2)cc1C. The van der Waals surface area contributed by atoms with E-state index in [0.29, 0.717) is 11.3 Å². The average molecular weight is 285 g/mol. The molecule has 0 radical (unpaired) electrons. The second kappa shape index (κ2) is 5.75. The maximum absolute atomic E-state index is 12.1. The monoisotopic (exact) mass is 285 g/mol. The summed E-state index contributed by atoms with van der Waals surface area (Å²) in [6, 6.07) is 9.55. The number of nitro benzene ring substituents is 1. The highest BCUT2D eigenvalue weighted by Crippen LogP contribution is 2.21. The minimum atomic E-state index is -0.531. The van der Waals surface area contributed by atoms with Gasteiger partial charge in [-0.1, -0.05) is 6.07 Å². The van der Waals surface area contributed by atoms with E-state index in [0.717, 1.165) is 11.1 Å². The number of carbonyl (C=O) groups is 1. The fourth-order valence-electron chi connectivity index (χ4n) is 1.93. The van der Waals surface area contributed by atoms with Gasteiger partial charge < -0.3 is 4.74 Å². The summed E-state index contributed by atoms with van der Waals surface area (Å²) in [5.74, 6) is -0.0737. The van der Waals surface area contributed by atoms with Crippen molar-refractivity contribution in [2.24, 2.45) is 0 Å². The Balaban J connectivity index is 2.22. The second-order valence-electron chi connectivity index (χ2n) is 4.89. The Hall–Kier alpha value is -2.69. The topological polar surface area (TPSA) is 69.4 Å². The number of hydrogen-bond acceptors (Lipinski definition) is 4. The summed E-state index contributed by atoms with van der Waals surface area (Å²) in [5, 5.41) is 10.8. The number of rotatable bonds is 3. The van der Waals surface area contributed by atoms with Gasteiger partial charge >= 0.3 is 5.97 Å². The Bertz CT molecular complexity index is 722. The van der Waals surface area contributed by atoms with Gasteiger partial charge in [-0.25, -0.2) is 4.79 Å². The lowest BCUT2D eigenvalue weighted by molar-refractivity contribution is -0.385. The first-order valence-electron chi connectivity index (χ1n) is 6.43. The van der Waals surface area contributed by atoms with E-state index in [9.17, 15) is 14.9 Å². The molecule has 5 nitrogen and oxygen atoms in total. The first kappa shape index (κ1) is 14.7. The lowest BCUT2D eigenvalue weighted by atomic mass is 10.1. The molecule has 2 rings (SSSR count). The van der Waals surface area contributed by atoms with Gasteiger partial charge in [0.25, 0.3) is 5.69 Å². The van der Waals surface area contributed by atoms with E-state index in [-0.39, 0.29) is 11.3 Å². The summed E-state index contributed by atoms with van der Waals surface area (Å²) in [7, 11) is 0. The van der Waals surface area contributed by atoms with Gasteiger partial charge in [0.2, 0.25) is 0 Å². The third-order valence-electron chi connectivity index (χ3n) is 3.32. The molecular formula is C16H15NO4. The largest absolute Gasteiger partial charge is 0.423 e. The molecule has 0 aliphatic heterocycles. The number of benzene rings is 2. The first-order valence-corrected chi connectivity index (χ1v) is 6.43. The zero-order chi connectivity index (χ0) is 15.6. The van der Waals surface area contributed by atoms with Crippen LogP contribution in [0.2, 0.25) is 0 Å². The highest BCUT2D eigenvalue weighted by molar-refractivity contribution is 5.91. The number of carbonyl (C=O) groups excluding carboxylic acids is 1. The molecule has 0 aromatic heterocycles. The number of hydrogen-bond donors (Lipinski definition) is 0. The van der Waals surface area contributed by atoms with Crippen LogP contribution in [-0.2, 0) is 0 Å². The van der Waals surface area contributed by atoms with E-state index >= 15 is 0 Å². The molecule has 0 heterocycles. The van der Waals surface area contributed by atoms with Gasteiger partial charge in [-0.05, 0) is 56.2 Å². The number of aryl methyl sites for hydroxylation is 3. The number of esters is 1. The maximum atomic E-state index is 12.1. The van der Waals surface area contributed by atoms with E-state index < -0.39 is 10.9 Å². The normalized spacial score (nSPS) is 10.2. The molecule has 0 aliphatic rings. The van der Waals surface area contributed by atoms with Crippen LogP contribution in [0.3, 0.4) is 0 Å². The quantitative estimate of drug-likeness (QED) is 0.373. The van der Waals surface area contributed by atoms with Gasteiger partial charge in [0.05, 0.1) is 10.5 Å². The van der Waals surface area contributed by atoms with E-state index in [4.69, 9.17) is 4.74 Å². The molecule has 21 heavy (non-hydrogen) atoms. The van der Waals surface area contributed by atoms with Crippen molar-refractivity contribution in [2.75, 3.05) is 0 Å². The molecule has 2 aromatic carbocycles. The molecule has 0 saturated carbocycles. The minimum absolute atomic E-state index is 0.0160. The van der Waals surface area contributed by atoms with Crippen molar-refractivity contribution in [3.8, 4) is 5.75 Å². The molecule has 0 amide bonds. The zero-order valence-electron chi connectivity index (χ0n) is 12.0. The highest BCUT2D eigenvalue weighted by Gasteiger charge is 2.15. The summed E-state index contributed by atoms with van der Waals surface area (Å²) in [5.41, 5.74) is 2.84. The Morgan fingerprint density at radius 2 is 1.71 bits per heavy atom. The van der Waals surface area contributed by atoms with E-state index in [1.54, 1.807) is 19.1 Å². The van der Waals surface area contributed by atoms with Gasteiger partial charge in [-0.15, -0.1) is 0 Å². The minimum Gasteiger partial charge on any atom is -0.423 e. The number of ether oxygens (including phenoxy) is 1. The summed E-state index contributed by atoms with van der Waals surface area (Å²) in [6.45, 7) is 5.49. The molecule has 0 bridgehead atoms. The van der Waals surface area contributed by atoms with Crippen LogP contribution in [0.1, 0.15) is 27.0 Å². The molecule has 0 spiro atoms. The molecule has 0 fully saturated rings. The fraction of sp³-hybridized carbons (Fsp3) is 0.188. The van der Waals surface area contributed by atoms with E-state index in [1.807, 2.05) is 19.9 Å².